The first-order valence-electron chi connectivity index (χ1n) is 5.05. The van der Waals surface area contributed by atoms with E-state index in [0.29, 0.717) is 6.54 Å². The van der Waals surface area contributed by atoms with Gasteiger partial charge in [-0.1, -0.05) is 11.6 Å². The van der Waals surface area contributed by atoms with E-state index in [1.54, 1.807) is 11.3 Å². The minimum atomic E-state index is 0.177. The molecule has 0 saturated carbocycles. The third kappa shape index (κ3) is 2.92. The molecule has 2 rings (SSSR count). The Kier molecular flexibility index (Phi) is 3.99. The van der Waals surface area contributed by atoms with Gasteiger partial charge in [0, 0.05) is 26.2 Å². The molecule has 1 aromatic heterocycles. The second kappa shape index (κ2) is 5.27. The van der Waals surface area contributed by atoms with Crippen molar-refractivity contribution in [3.8, 4) is 0 Å². The molecule has 1 aromatic rings. The lowest BCUT2D eigenvalue weighted by atomic mass is 10.2. The summed E-state index contributed by atoms with van der Waals surface area (Å²) in [6.45, 7) is 4.13. The molecule has 0 radical (unpaired) electrons. The molecule has 1 atom stereocenters. The van der Waals surface area contributed by atoms with Crippen molar-refractivity contribution in [1.82, 2.24) is 4.90 Å². The number of ether oxygens (including phenoxy) is 1. The molecule has 1 saturated heterocycles. The molecule has 0 amide bonds. The maximum absolute atomic E-state index is 6.07. The minimum absolute atomic E-state index is 0.177. The highest BCUT2D eigenvalue weighted by atomic mass is 35.5. The second-order valence-corrected chi connectivity index (χ2v) is 5.20. The lowest BCUT2D eigenvalue weighted by molar-refractivity contribution is -0.0260. The number of hydrogen-bond acceptors (Lipinski definition) is 4. The quantitative estimate of drug-likeness (QED) is 0.880. The molecule has 3 nitrogen and oxygen atoms in total. The molecule has 2 heterocycles. The smallest absolute Gasteiger partial charge is 0.0973 e. The van der Waals surface area contributed by atoms with Crippen LogP contribution in [-0.4, -0.2) is 37.2 Å². The summed E-state index contributed by atoms with van der Waals surface area (Å²) < 4.78 is 6.40. The second-order valence-electron chi connectivity index (χ2n) is 3.68. The van der Waals surface area contributed by atoms with Crippen molar-refractivity contribution in [2.45, 2.75) is 12.6 Å². The third-order valence-corrected chi connectivity index (χ3v) is 3.82. The zero-order valence-corrected chi connectivity index (χ0v) is 10.1. The summed E-state index contributed by atoms with van der Waals surface area (Å²) in [6, 6.07) is 2.08. The SMILES string of the molecule is NCC1CN(Cc2ccsc2Cl)CCO1. The van der Waals surface area contributed by atoms with Gasteiger partial charge in [0.2, 0.25) is 0 Å². The number of rotatable bonds is 3. The van der Waals surface area contributed by atoms with Crippen LogP contribution in [0.4, 0.5) is 0 Å². The molecule has 0 bridgehead atoms. The summed E-state index contributed by atoms with van der Waals surface area (Å²) in [5, 5.41) is 2.03. The van der Waals surface area contributed by atoms with E-state index >= 15 is 0 Å². The van der Waals surface area contributed by atoms with Crippen molar-refractivity contribution in [3.05, 3.63) is 21.3 Å². The van der Waals surface area contributed by atoms with E-state index in [-0.39, 0.29) is 6.10 Å². The molecule has 2 N–H and O–H groups in total. The van der Waals surface area contributed by atoms with Crippen molar-refractivity contribution in [1.29, 1.82) is 0 Å². The molecule has 1 aliphatic heterocycles. The topological polar surface area (TPSA) is 38.5 Å². The van der Waals surface area contributed by atoms with E-state index in [9.17, 15) is 0 Å². The van der Waals surface area contributed by atoms with Crippen LogP contribution in [0.25, 0.3) is 0 Å². The first-order chi connectivity index (χ1) is 7.29. The highest BCUT2D eigenvalue weighted by Gasteiger charge is 2.19. The number of halogens is 1. The van der Waals surface area contributed by atoms with Gasteiger partial charge in [0.1, 0.15) is 0 Å². The van der Waals surface area contributed by atoms with Gasteiger partial charge in [0.05, 0.1) is 17.0 Å². The Morgan fingerprint density at radius 1 is 1.67 bits per heavy atom. The van der Waals surface area contributed by atoms with Gasteiger partial charge in [-0.25, -0.2) is 0 Å². The Labute approximate surface area is 98.8 Å². The van der Waals surface area contributed by atoms with Crippen molar-refractivity contribution < 1.29 is 4.74 Å². The zero-order valence-electron chi connectivity index (χ0n) is 8.49. The highest BCUT2D eigenvalue weighted by molar-refractivity contribution is 7.14. The number of nitrogens with two attached hydrogens (primary N) is 1. The van der Waals surface area contributed by atoms with Gasteiger partial charge in [-0.05, 0) is 17.0 Å². The summed E-state index contributed by atoms with van der Waals surface area (Å²) in [7, 11) is 0. The Hall–Kier alpha value is -0.130. The van der Waals surface area contributed by atoms with Crippen LogP contribution in [0.5, 0.6) is 0 Å². The summed E-state index contributed by atoms with van der Waals surface area (Å²) in [6.07, 6.45) is 0.177. The number of nitrogens with zero attached hydrogens (tertiary/aromatic N) is 1. The largest absolute Gasteiger partial charge is 0.374 e. The first-order valence-corrected chi connectivity index (χ1v) is 6.31. The van der Waals surface area contributed by atoms with Gasteiger partial charge in [-0.15, -0.1) is 11.3 Å². The summed E-state index contributed by atoms with van der Waals surface area (Å²) in [5.41, 5.74) is 6.80. The molecule has 0 aromatic carbocycles. The molecule has 15 heavy (non-hydrogen) atoms. The van der Waals surface area contributed by atoms with Crippen LogP contribution in [0.1, 0.15) is 5.56 Å². The van der Waals surface area contributed by atoms with Crippen LogP contribution in [0.3, 0.4) is 0 Å². The first kappa shape index (κ1) is 11.4. The van der Waals surface area contributed by atoms with Crippen LogP contribution in [-0.2, 0) is 11.3 Å². The maximum Gasteiger partial charge on any atom is 0.0973 e. The fourth-order valence-corrected chi connectivity index (χ4v) is 2.65. The molecular formula is C10H15ClN2OS. The van der Waals surface area contributed by atoms with Crippen LogP contribution in [0.2, 0.25) is 4.34 Å². The number of hydrogen-bond donors (Lipinski definition) is 1. The van der Waals surface area contributed by atoms with Crippen molar-refractivity contribution >= 4 is 22.9 Å². The monoisotopic (exact) mass is 246 g/mol. The van der Waals surface area contributed by atoms with Gasteiger partial charge in [-0.3, -0.25) is 4.90 Å². The zero-order chi connectivity index (χ0) is 10.7. The third-order valence-electron chi connectivity index (χ3n) is 2.57. The Balaban J connectivity index is 1.92. The predicted octanol–water partition coefficient (Wildman–Crippen LogP) is 1.56. The van der Waals surface area contributed by atoms with Gasteiger partial charge < -0.3 is 10.5 Å². The summed E-state index contributed by atoms with van der Waals surface area (Å²) in [5.74, 6) is 0. The van der Waals surface area contributed by atoms with Gasteiger partial charge in [-0.2, -0.15) is 0 Å². The van der Waals surface area contributed by atoms with Crippen molar-refractivity contribution in [3.63, 3.8) is 0 Å². The van der Waals surface area contributed by atoms with Crippen molar-refractivity contribution in [2.75, 3.05) is 26.2 Å². The molecule has 1 aliphatic rings. The minimum Gasteiger partial charge on any atom is -0.374 e. The molecule has 5 heteroatoms. The average molecular weight is 247 g/mol. The van der Waals surface area contributed by atoms with E-state index in [4.69, 9.17) is 22.1 Å². The highest BCUT2D eigenvalue weighted by Crippen LogP contribution is 2.24. The molecule has 84 valence electrons. The number of thiophene rings is 1. The average Bonchev–Trinajstić information content (AvgIpc) is 2.65. The van der Waals surface area contributed by atoms with Gasteiger partial charge in [0.25, 0.3) is 0 Å². The van der Waals surface area contributed by atoms with Crippen LogP contribution >= 0.6 is 22.9 Å². The standard InChI is InChI=1S/C10H15ClN2OS/c11-10-8(1-4-15-10)6-13-2-3-14-9(5-12)7-13/h1,4,9H,2-3,5-7,12H2. The molecule has 1 fully saturated rings. The Morgan fingerprint density at radius 2 is 2.53 bits per heavy atom. The fraction of sp³-hybridized carbons (Fsp3) is 0.600. The van der Waals surface area contributed by atoms with Gasteiger partial charge in [0.15, 0.2) is 0 Å². The normalized spacial score (nSPS) is 23.2. The molecule has 0 spiro atoms. The maximum atomic E-state index is 6.07. The lowest BCUT2D eigenvalue weighted by Gasteiger charge is -2.32. The van der Waals surface area contributed by atoms with Crippen molar-refractivity contribution in [2.24, 2.45) is 5.73 Å². The molecule has 0 aliphatic carbocycles. The predicted molar refractivity (Wildman–Crippen MR) is 63.4 cm³/mol. The fourth-order valence-electron chi connectivity index (χ4n) is 1.74. The van der Waals surface area contributed by atoms with E-state index in [0.717, 1.165) is 30.6 Å². The van der Waals surface area contributed by atoms with Crippen LogP contribution in [0, 0.1) is 0 Å². The van der Waals surface area contributed by atoms with Crippen LogP contribution in [0.15, 0.2) is 11.4 Å². The molecule has 1 unspecified atom stereocenters. The van der Waals surface area contributed by atoms with E-state index in [2.05, 4.69) is 11.0 Å². The Morgan fingerprint density at radius 3 is 3.20 bits per heavy atom. The van der Waals surface area contributed by atoms with E-state index in [1.165, 1.54) is 5.56 Å². The number of morpholine rings is 1. The van der Waals surface area contributed by atoms with E-state index < -0.39 is 0 Å². The molecular weight excluding hydrogens is 232 g/mol. The summed E-state index contributed by atoms with van der Waals surface area (Å²) in [4.78, 5) is 2.34. The van der Waals surface area contributed by atoms with E-state index in [1.807, 2.05) is 5.38 Å². The lowest BCUT2D eigenvalue weighted by Crippen LogP contribution is -2.45. The van der Waals surface area contributed by atoms with Gasteiger partial charge >= 0.3 is 0 Å². The Bertz CT molecular complexity index is 318. The summed E-state index contributed by atoms with van der Waals surface area (Å²) >= 11 is 7.65. The van der Waals surface area contributed by atoms with Crippen LogP contribution < -0.4 is 5.73 Å².